The molecule has 0 radical (unpaired) electrons. The molecule has 0 bridgehead atoms. The molecule has 146 valence electrons. The van der Waals surface area contributed by atoms with Gasteiger partial charge in [0.2, 0.25) is 5.91 Å². The average molecular weight is 405 g/mol. The molecule has 0 aliphatic heterocycles. The highest BCUT2D eigenvalue weighted by molar-refractivity contribution is 7.99. The van der Waals surface area contributed by atoms with Gasteiger partial charge >= 0.3 is 6.61 Å². The Hall–Kier alpha value is -3.07. The molecule has 6 nitrogen and oxygen atoms in total. The van der Waals surface area contributed by atoms with Crippen molar-refractivity contribution in [1.29, 1.82) is 0 Å². The summed E-state index contributed by atoms with van der Waals surface area (Å²) in [5, 5.41) is 3.19. The zero-order chi connectivity index (χ0) is 19.9. The molecule has 1 heterocycles. The number of aromatic nitrogens is 2. The minimum absolute atomic E-state index is 0.0456. The normalized spacial score (nSPS) is 10.7. The number of anilines is 1. The van der Waals surface area contributed by atoms with Gasteiger partial charge in [-0.25, -0.2) is 4.98 Å². The van der Waals surface area contributed by atoms with E-state index < -0.39 is 6.61 Å². The predicted molar refractivity (Wildman–Crippen MR) is 103 cm³/mol. The van der Waals surface area contributed by atoms with E-state index in [0.717, 1.165) is 5.69 Å². The van der Waals surface area contributed by atoms with Crippen molar-refractivity contribution in [2.45, 2.75) is 11.8 Å². The van der Waals surface area contributed by atoms with E-state index in [0.29, 0.717) is 10.9 Å². The number of imidazole rings is 1. The van der Waals surface area contributed by atoms with Gasteiger partial charge in [0.1, 0.15) is 11.5 Å². The van der Waals surface area contributed by atoms with E-state index in [2.05, 4.69) is 15.0 Å². The number of nitrogens with zero attached hydrogens (tertiary/aromatic N) is 2. The minimum Gasteiger partial charge on any atom is -0.497 e. The molecule has 1 N–H and O–H groups in total. The Balaban J connectivity index is 1.66. The van der Waals surface area contributed by atoms with Crippen molar-refractivity contribution in [3.05, 3.63) is 60.9 Å². The van der Waals surface area contributed by atoms with Crippen molar-refractivity contribution in [1.82, 2.24) is 9.55 Å². The molecule has 0 atom stereocenters. The third kappa shape index (κ3) is 5.01. The lowest BCUT2D eigenvalue weighted by Crippen LogP contribution is -2.16. The smallest absolute Gasteiger partial charge is 0.387 e. The van der Waals surface area contributed by atoms with Gasteiger partial charge in [-0.1, -0.05) is 30.0 Å². The number of halogens is 2. The molecule has 3 rings (SSSR count). The van der Waals surface area contributed by atoms with Gasteiger partial charge < -0.3 is 14.8 Å². The van der Waals surface area contributed by atoms with E-state index in [9.17, 15) is 13.6 Å². The summed E-state index contributed by atoms with van der Waals surface area (Å²) in [6.07, 6.45) is 3.41. The van der Waals surface area contributed by atoms with Crippen LogP contribution in [0.3, 0.4) is 0 Å². The minimum atomic E-state index is -2.97. The summed E-state index contributed by atoms with van der Waals surface area (Å²) >= 11 is 1.22. The zero-order valence-corrected chi connectivity index (χ0v) is 15.7. The summed E-state index contributed by atoms with van der Waals surface area (Å²) in [5.74, 6) is 0.295. The first kappa shape index (κ1) is 19.7. The van der Waals surface area contributed by atoms with Crippen molar-refractivity contribution < 1.29 is 23.0 Å². The maximum absolute atomic E-state index is 12.5. The maximum atomic E-state index is 12.5. The van der Waals surface area contributed by atoms with Gasteiger partial charge in [0.25, 0.3) is 0 Å². The molecular formula is C19H17F2N3O3S. The number of rotatable bonds is 8. The molecule has 3 aromatic rings. The number of thioether (sulfide) groups is 1. The summed E-state index contributed by atoms with van der Waals surface area (Å²) in [7, 11) is 1.59. The van der Waals surface area contributed by atoms with Crippen LogP contribution >= 0.6 is 11.8 Å². The average Bonchev–Trinajstić information content (AvgIpc) is 3.16. The Labute approximate surface area is 164 Å². The van der Waals surface area contributed by atoms with E-state index in [-0.39, 0.29) is 23.1 Å². The lowest BCUT2D eigenvalue weighted by molar-refractivity contribution is -0.113. The molecular weight excluding hydrogens is 388 g/mol. The van der Waals surface area contributed by atoms with Crippen LogP contribution in [-0.4, -0.2) is 34.9 Å². The quantitative estimate of drug-likeness (QED) is 0.569. The molecule has 0 saturated carbocycles. The Morgan fingerprint density at radius 1 is 1.25 bits per heavy atom. The number of carbonyl (C=O) groups excluding carboxylic acids is 1. The summed E-state index contributed by atoms with van der Waals surface area (Å²) in [6.45, 7) is -2.97. The number of methoxy groups -OCH3 is 1. The van der Waals surface area contributed by atoms with Gasteiger partial charge in [-0.05, 0) is 24.3 Å². The van der Waals surface area contributed by atoms with Crippen LogP contribution in [0, 0.1) is 0 Å². The number of benzene rings is 2. The Morgan fingerprint density at radius 2 is 2.07 bits per heavy atom. The van der Waals surface area contributed by atoms with E-state index in [4.69, 9.17) is 4.74 Å². The third-order valence-electron chi connectivity index (χ3n) is 3.65. The second-order valence-electron chi connectivity index (χ2n) is 5.49. The first-order valence-corrected chi connectivity index (χ1v) is 9.19. The van der Waals surface area contributed by atoms with Crippen LogP contribution in [0.4, 0.5) is 14.5 Å². The predicted octanol–water partition coefficient (Wildman–Crippen LogP) is 4.21. The van der Waals surface area contributed by atoms with Crippen LogP contribution in [0.2, 0.25) is 0 Å². The van der Waals surface area contributed by atoms with Crippen LogP contribution in [0.15, 0.2) is 66.1 Å². The van der Waals surface area contributed by atoms with Gasteiger partial charge in [-0.3, -0.25) is 9.36 Å². The number of carbonyl (C=O) groups is 1. The third-order valence-corrected chi connectivity index (χ3v) is 4.61. The second kappa shape index (κ2) is 9.23. The SMILES string of the molecule is COc1cccc(-n2ccnc2SCC(=O)Nc2ccccc2OC(F)F)c1. The van der Waals surface area contributed by atoms with Crippen molar-refractivity contribution in [3.8, 4) is 17.2 Å². The number of hydrogen-bond donors (Lipinski definition) is 1. The highest BCUT2D eigenvalue weighted by Crippen LogP contribution is 2.27. The first-order chi connectivity index (χ1) is 13.6. The molecule has 0 aliphatic rings. The number of para-hydroxylation sites is 2. The fourth-order valence-electron chi connectivity index (χ4n) is 2.44. The lowest BCUT2D eigenvalue weighted by atomic mass is 10.3. The number of hydrogen-bond acceptors (Lipinski definition) is 5. The number of amides is 1. The topological polar surface area (TPSA) is 65.4 Å². The van der Waals surface area contributed by atoms with Crippen LogP contribution in [0.25, 0.3) is 5.69 Å². The Bertz CT molecular complexity index is 949. The molecule has 0 saturated heterocycles. The highest BCUT2D eigenvalue weighted by atomic mass is 32.2. The van der Waals surface area contributed by atoms with Crippen molar-refractivity contribution in [2.75, 3.05) is 18.2 Å². The lowest BCUT2D eigenvalue weighted by Gasteiger charge is -2.12. The molecule has 9 heteroatoms. The molecule has 2 aromatic carbocycles. The standard InChI is InChI=1S/C19H17F2N3O3S/c1-26-14-6-4-5-13(11-14)24-10-9-22-19(24)28-12-17(25)23-15-7-2-3-8-16(15)27-18(20)21/h2-11,18H,12H2,1H3,(H,23,25). The number of alkyl halides is 2. The largest absolute Gasteiger partial charge is 0.497 e. The van der Waals surface area contributed by atoms with Gasteiger partial charge in [0.15, 0.2) is 5.16 Å². The number of nitrogens with one attached hydrogen (secondary N) is 1. The van der Waals surface area contributed by atoms with Crippen LogP contribution in [-0.2, 0) is 4.79 Å². The Kier molecular flexibility index (Phi) is 6.49. The summed E-state index contributed by atoms with van der Waals surface area (Å²) < 4.78 is 36.4. The maximum Gasteiger partial charge on any atom is 0.387 e. The summed E-state index contributed by atoms with van der Waals surface area (Å²) in [4.78, 5) is 16.5. The summed E-state index contributed by atoms with van der Waals surface area (Å²) in [6, 6.07) is 13.5. The van der Waals surface area contributed by atoms with Crippen molar-refractivity contribution in [2.24, 2.45) is 0 Å². The molecule has 0 aliphatic carbocycles. The van der Waals surface area contributed by atoms with Gasteiger partial charge in [-0.15, -0.1) is 0 Å². The van der Waals surface area contributed by atoms with Crippen LogP contribution in [0.5, 0.6) is 11.5 Å². The fraction of sp³-hybridized carbons (Fsp3) is 0.158. The first-order valence-electron chi connectivity index (χ1n) is 8.21. The van der Waals surface area contributed by atoms with Crippen LogP contribution < -0.4 is 14.8 Å². The van der Waals surface area contributed by atoms with Crippen molar-refractivity contribution >= 4 is 23.4 Å². The van der Waals surface area contributed by atoms with Gasteiger partial charge in [0.05, 0.1) is 24.2 Å². The van der Waals surface area contributed by atoms with E-state index >= 15 is 0 Å². The monoisotopic (exact) mass is 405 g/mol. The molecule has 1 aromatic heterocycles. The second-order valence-corrected chi connectivity index (χ2v) is 6.44. The van der Waals surface area contributed by atoms with Gasteiger partial charge in [0, 0.05) is 18.5 Å². The van der Waals surface area contributed by atoms with E-state index in [1.165, 1.54) is 23.9 Å². The van der Waals surface area contributed by atoms with E-state index in [1.807, 2.05) is 28.8 Å². The van der Waals surface area contributed by atoms with Crippen LogP contribution in [0.1, 0.15) is 0 Å². The molecule has 1 amide bonds. The molecule has 28 heavy (non-hydrogen) atoms. The fourth-order valence-corrected chi connectivity index (χ4v) is 3.21. The molecule has 0 fully saturated rings. The molecule has 0 unspecified atom stereocenters. The van der Waals surface area contributed by atoms with Crippen molar-refractivity contribution in [3.63, 3.8) is 0 Å². The highest BCUT2D eigenvalue weighted by Gasteiger charge is 2.13. The number of ether oxygens (including phenoxy) is 2. The van der Waals surface area contributed by atoms with E-state index in [1.54, 1.807) is 31.6 Å². The molecule has 0 spiro atoms. The van der Waals surface area contributed by atoms with Gasteiger partial charge in [-0.2, -0.15) is 8.78 Å². The Morgan fingerprint density at radius 3 is 2.86 bits per heavy atom. The summed E-state index contributed by atoms with van der Waals surface area (Å²) in [5.41, 5.74) is 1.03. The zero-order valence-electron chi connectivity index (χ0n) is 14.8.